The predicted octanol–water partition coefficient (Wildman–Crippen LogP) is 6.17. The fraction of sp³-hybridized carbons (Fsp3) is 0.406. The van der Waals surface area contributed by atoms with E-state index in [2.05, 4.69) is 0 Å². The van der Waals surface area contributed by atoms with E-state index < -0.39 is 12.1 Å². The number of aliphatic hydroxyl groups excluding tert-OH is 1. The highest BCUT2D eigenvalue weighted by atomic mass is 19.1. The Labute approximate surface area is 229 Å². The van der Waals surface area contributed by atoms with Gasteiger partial charge in [-0.25, -0.2) is 18.6 Å². The van der Waals surface area contributed by atoms with E-state index in [1.807, 2.05) is 35.3 Å². The van der Waals surface area contributed by atoms with E-state index >= 15 is 0 Å². The average molecular weight is 534 g/mol. The summed E-state index contributed by atoms with van der Waals surface area (Å²) in [7, 11) is 0. The van der Waals surface area contributed by atoms with Gasteiger partial charge in [-0.3, -0.25) is 5.01 Å². The van der Waals surface area contributed by atoms with Crippen molar-refractivity contribution in [3.05, 3.63) is 107 Å². The van der Waals surface area contributed by atoms with Crippen LogP contribution in [-0.4, -0.2) is 51.3 Å². The number of hydrogen-bond donors (Lipinski definition) is 1. The summed E-state index contributed by atoms with van der Waals surface area (Å²) >= 11 is 0. The Morgan fingerprint density at radius 3 is 1.95 bits per heavy atom. The van der Waals surface area contributed by atoms with Crippen LogP contribution < -0.4 is 0 Å². The molecule has 2 atom stereocenters. The third-order valence-corrected chi connectivity index (χ3v) is 8.04. The molecule has 1 heterocycles. The third kappa shape index (κ3) is 7.02. The Kier molecular flexibility index (Phi) is 8.89. The monoisotopic (exact) mass is 533 g/mol. The highest BCUT2D eigenvalue weighted by Gasteiger charge is 2.40. The van der Waals surface area contributed by atoms with Crippen molar-refractivity contribution in [1.29, 1.82) is 0 Å². The molecule has 5 nitrogen and oxygen atoms in total. The van der Waals surface area contributed by atoms with Gasteiger partial charge in [-0.05, 0) is 66.1 Å². The van der Waals surface area contributed by atoms with Gasteiger partial charge >= 0.3 is 6.03 Å². The highest BCUT2D eigenvalue weighted by Crippen LogP contribution is 2.29. The molecule has 0 unspecified atom stereocenters. The van der Waals surface area contributed by atoms with Crippen LogP contribution in [0.3, 0.4) is 0 Å². The smallest absolute Gasteiger partial charge is 0.335 e. The molecular weight excluding hydrogens is 496 g/mol. The lowest BCUT2D eigenvalue weighted by atomic mass is 9.89. The molecule has 3 aromatic carbocycles. The molecule has 1 aliphatic carbocycles. The van der Waals surface area contributed by atoms with Crippen molar-refractivity contribution >= 4 is 6.03 Å². The van der Waals surface area contributed by atoms with Gasteiger partial charge in [0.2, 0.25) is 0 Å². The Morgan fingerprint density at radius 1 is 0.744 bits per heavy atom. The molecular formula is C32H37F2N3O2. The Balaban J connectivity index is 1.50. The van der Waals surface area contributed by atoms with Crippen molar-refractivity contribution in [3.63, 3.8) is 0 Å². The SMILES string of the molecule is O=C1N(Cc2ccc(F)cc2)[C@H](Cc2ccccc2)[C@H](O)CN(CC2CCCCC2)N1Cc1ccc(F)cc1. The summed E-state index contributed by atoms with van der Waals surface area (Å²) in [5.41, 5.74) is 2.64. The number of aliphatic hydroxyl groups is 1. The van der Waals surface area contributed by atoms with Crippen LogP contribution in [0.4, 0.5) is 13.6 Å². The second-order valence-electron chi connectivity index (χ2n) is 10.9. The van der Waals surface area contributed by atoms with E-state index in [0.717, 1.165) is 29.5 Å². The second-order valence-corrected chi connectivity index (χ2v) is 10.9. The molecule has 1 saturated heterocycles. The van der Waals surface area contributed by atoms with Crippen LogP contribution in [0.5, 0.6) is 0 Å². The number of rotatable bonds is 8. The van der Waals surface area contributed by atoms with Gasteiger partial charge in [0.15, 0.2) is 0 Å². The van der Waals surface area contributed by atoms with E-state index in [1.54, 1.807) is 34.2 Å². The molecule has 1 aliphatic heterocycles. The summed E-state index contributed by atoms with van der Waals surface area (Å²) in [5.74, 6) is -0.208. The maximum absolute atomic E-state index is 14.4. The minimum atomic E-state index is -0.795. The zero-order chi connectivity index (χ0) is 27.2. The standard InChI is InChI=1S/C32H37F2N3O2/c33-28-15-11-26(12-16-28)21-36-30(19-24-7-3-1-4-8-24)31(38)23-35(20-25-9-5-2-6-10-25)37(32(36)39)22-27-13-17-29(34)18-14-27/h1,3-4,7-8,11-18,25,30-31,38H,2,5-6,9-10,19-23H2/t30-,31-/m1/s1. The van der Waals surface area contributed by atoms with Crippen LogP contribution >= 0.6 is 0 Å². The maximum Gasteiger partial charge on any atom is 0.335 e. The first-order chi connectivity index (χ1) is 19.0. The molecule has 0 radical (unpaired) electrons. The molecule has 0 aromatic heterocycles. The fourth-order valence-corrected chi connectivity index (χ4v) is 5.90. The van der Waals surface area contributed by atoms with E-state index in [0.29, 0.717) is 25.4 Å². The first-order valence-corrected chi connectivity index (χ1v) is 14.0. The fourth-order valence-electron chi connectivity index (χ4n) is 5.90. The zero-order valence-corrected chi connectivity index (χ0v) is 22.3. The van der Waals surface area contributed by atoms with Crippen LogP contribution in [0.1, 0.15) is 48.8 Å². The van der Waals surface area contributed by atoms with E-state index in [9.17, 15) is 18.7 Å². The van der Waals surface area contributed by atoms with Crippen molar-refractivity contribution in [2.45, 2.75) is 63.8 Å². The summed E-state index contributed by atoms with van der Waals surface area (Å²) in [6.07, 6.45) is 5.52. The lowest BCUT2D eigenvalue weighted by molar-refractivity contribution is -0.0287. The van der Waals surface area contributed by atoms with E-state index in [1.165, 1.54) is 43.5 Å². The Bertz CT molecular complexity index is 1200. The van der Waals surface area contributed by atoms with Crippen molar-refractivity contribution in [1.82, 2.24) is 14.9 Å². The van der Waals surface area contributed by atoms with Gasteiger partial charge in [-0.1, -0.05) is 73.9 Å². The van der Waals surface area contributed by atoms with Crippen LogP contribution in [0.2, 0.25) is 0 Å². The van der Waals surface area contributed by atoms with Crippen LogP contribution in [-0.2, 0) is 19.5 Å². The molecule has 206 valence electrons. The molecule has 0 spiro atoms. The summed E-state index contributed by atoms with van der Waals surface area (Å²) in [6.45, 7) is 1.52. The number of hydrazine groups is 1. The molecule has 1 saturated carbocycles. The van der Waals surface area contributed by atoms with Gasteiger partial charge in [-0.15, -0.1) is 0 Å². The summed E-state index contributed by atoms with van der Waals surface area (Å²) in [4.78, 5) is 16.2. The topological polar surface area (TPSA) is 47.0 Å². The first-order valence-electron chi connectivity index (χ1n) is 14.0. The summed E-state index contributed by atoms with van der Waals surface area (Å²) in [6, 6.07) is 21.6. The van der Waals surface area contributed by atoms with Gasteiger partial charge in [0.1, 0.15) is 11.6 Å². The zero-order valence-electron chi connectivity index (χ0n) is 22.3. The lowest BCUT2D eigenvalue weighted by Gasteiger charge is -2.38. The van der Waals surface area contributed by atoms with Crippen molar-refractivity contribution in [2.24, 2.45) is 5.92 Å². The quantitative estimate of drug-likeness (QED) is 0.377. The van der Waals surface area contributed by atoms with Gasteiger partial charge in [0.25, 0.3) is 0 Å². The lowest BCUT2D eigenvalue weighted by Crippen LogP contribution is -2.52. The highest BCUT2D eigenvalue weighted by molar-refractivity contribution is 5.75. The Hall–Kier alpha value is -3.29. The average Bonchev–Trinajstić information content (AvgIpc) is 3.03. The molecule has 0 bridgehead atoms. The summed E-state index contributed by atoms with van der Waals surface area (Å²) in [5, 5.41) is 15.4. The molecule has 2 amide bonds. The van der Waals surface area contributed by atoms with Gasteiger partial charge in [0, 0.05) is 19.6 Å². The van der Waals surface area contributed by atoms with Crippen LogP contribution in [0, 0.1) is 17.6 Å². The molecule has 3 aromatic rings. The second kappa shape index (κ2) is 12.7. The predicted molar refractivity (Wildman–Crippen MR) is 147 cm³/mol. The first kappa shape index (κ1) is 27.3. The molecule has 2 aliphatic rings. The third-order valence-electron chi connectivity index (χ3n) is 8.04. The number of benzene rings is 3. The molecule has 1 N–H and O–H groups in total. The largest absolute Gasteiger partial charge is 0.390 e. The molecule has 39 heavy (non-hydrogen) atoms. The molecule has 5 rings (SSSR count). The number of carbonyl (C=O) groups is 1. The molecule has 7 heteroatoms. The van der Waals surface area contributed by atoms with E-state index in [4.69, 9.17) is 0 Å². The van der Waals surface area contributed by atoms with E-state index in [-0.39, 0.29) is 30.8 Å². The van der Waals surface area contributed by atoms with Crippen LogP contribution in [0.15, 0.2) is 78.9 Å². The van der Waals surface area contributed by atoms with Crippen molar-refractivity contribution in [3.8, 4) is 0 Å². The number of β-amino-alcohol motifs (C(OH)–C–C–N with tert-alkyl or cyclic N) is 1. The minimum absolute atomic E-state index is 0.211. The number of urea groups is 1. The Morgan fingerprint density at radius 2 is 1.33 bits per heavy atom. The normalized spacial score (nSPS) is 21.3. The number of nitrogens with zero attached hydrogens (tertiary/aromatic N) is 3. The number of amides is 2. The van der Waals surface area contributed by atoms with Crippen LogP contribution in [0.25, 0.3) is 0 Å². The minimum Gasteiger partial charge on any atom is -0.390 e. The van der Waals surface area contributed by atoms with Gasteiger partial charge in [-0.2, -0.15) is 0 Å². The van der Waals surface area contributed by atoms with Gasteiger partial charge < -0.3 is 10.0 Å². The van der Waals surface area contributed by atoms with Gasteiger partial charge in [0.05, 0.1) is 18.7 Å². The number of carbonyl (C=O) groups excluding carboxylic acids is 1. The van der Waals surface area contributed by atoms with Crippen molar-refractivity contribution < 1.29 is 18.7 Å². The number of halogens is 2. The van der Waals surface area contributed by atoms with Crippen molar-refractivity contribution in [2.75, 3.05) is 13.1 Å². The maximum atomic E-state index is 14.4. The summed E-state index contributed by atoms with van der Waals surface area (Å²) < 4.78 is 27.4. The number of hydrogen-bond acceptors (Lipinski definition) is 3. The molecule has 2 fully saturated rings.